The number of hydrogen-bond acceptors (Lipinski definition) is 2. The lowest BCUT2D eigenvalue weighted by molar-refractivity contribution is -0.130. The molecular weight excluding hydrogens is 245 g/mol. The molecule has 0 aliphatic carbocycles. The SMILES string of the molecule is CC(CC(=O)N1CCC(CO)C1)c1ccc(F)cc1. The summed E-state index contributed by atoms with van der Waals surface area (Å²) in [6.45, 7) is 3.52. The Bertz CT molecular complexity index is 432. The van der Waals surface area contributed by atoms with E-state index in [0.717, 1.165) is 18.5 Å². The average Bonchev–Trinajstić information content (AvgIpc) is 2.88. The Morgan fingerprint density at radius 1 is 1.47 bits per heavy atom. The van der Waals surface area contributed by atoms with Gasteiger partial charge in [0.05, 0.1) is 0 Å². The minimum Gasteiger partial charge on any atom is -0.396 e. The maximum absolute atomic E-state index is 12.8. The van der Waals surface area contributed by atoms with Crippen LogP contribution in [-0.2, 0) is 4.79 Å². The van der Waals surface area contributed by atoms with E-state index in [1.54, 1.807) is 12.1 Å². The summed E-state index contributed by atoms with van der Waals surface area (Å²) in [5.74, 6) is 0.173. The summed E-state index contributed by atoms with van der Waals surface area (Å²) in [6.07, 6.45) is 1.32. The van der Waals surface area contributed by atoms with Gasteiger partial charge in [-0.15, -0.1) is 0 Å². The molecule has 2 rings (SSSR count). The molecule has 1 aliphatic heterocycles. The topological polar surface area (TPSA) is 40.5 Å². The molecule has 2 atom stereocenters. The van der Waals surface area contributed by atoms with Gasteiger partial charge in [-0.3, -0.25) is 4.79 Å². The Labute approximate surface area is 113 Å². The second-order valence-corrected chi connectivity index (χ2v) is 5.33. The molecule has 0 radical (unpaired) electrons. The van der Waals surface area contributed by atoms with Gasteiger partial charge in [0, 0.05) is 32.0 Å². The lowest BCUT2D eigenvalue weighted by Gasteiger charge is -2.19. The van der Waals surface area contributed by atoms with Crippen LogP contribution in [0.4, 0.5) is 4.39 Å². The van der Waals surface area contributed by atoms with Gasteiger partial charge in [-0.25, -0.2) is 4.39 Å². The van der Waals surface area contributed by atoms with E-state index in [2.05, 4.69) is 0 Å². The summed E-state index contributed by atoms with van der Waals surface area (Å²) in [7, 11) is 0. The molecule has 1 saturated heterocycles. The zero-order valence-electron chi connectivity index (χ0n) is 11.2. The molecule has 0 bridgehead atoms. The van der Waals surface area contributed by atoms with Gasteiger partial charge < -0.3 is 10.0 Å². The van der Waals surface area contributed by atoms with Crippen molar-refractivity contribution in [1.82, 2.24) is 4.90 Å². The fourth-order valence-electron chi connectivity index (χ4n) is 2.51. The van der Waals surface area contributed by atoms with Crippen LogP contribution in [-0.4, -0.2) is 35.6 Å². The van der Waals surface area contributed by atoms with E-state index in [1.165, 1.54) is 12.1 Å². The van der Waals surface area contributed by atoms with Gasteiger partial charge in [0.2, 0.25) is 5.91 Å². The van der Waals surface area contributed by atoms with Crippen LogP contribution >= 0.6 is 0 Å². The quantitative estimate of drug-likeness (QED) is 0.906. The third kappa shape index (κ3) is 3.53. The number of aliphatic hydroxyl groups is 1. The predicted molar refractivity (Wildman–Crippen MR) is 71.2 cm³/mol. The van der Waals surface area contributed by atoms with Crippen molar-refractivity contribution in [3.05, 3.63) is 35.6 Å². The van der Waals surface area contributed by atoms with Gasteiger partial charge in [-0.1, -0.05) is 19.1 Å². The number of carbonyl (C=O) groups is 1. The summed E-state index contributed by atoms with van der Waals surface area (Å²) >= 11 is 0. The second-order valence-electron chi connectivity index (χ2n) is 5.33. The molecule has 3 nitrogen and oxygen atoms in total. The Balaban J connectivity index is 1.90. The van der Waals surface area contributed by atoms with Crippen LogP contribution in [0.2, 0.25) is 0 Å². The monoisotopic (exact) mass is 265 g/mol. The fraction of sp³-hybridized carbons (Fsp3) is 0.533. The largest absolute Gasteiger partial charge is 0.396 e. The van der Waals surface area contributed by atoms with Crippen molar-refractivity contribution in [1.29, 1.82) is 0 Å². The molecule has 0 aromatic heterocycles. The van der Waals surface area contributed by atoms with E-state index < -0.39 is 0 Å². The lowest BCUT2D eigenvalue weighted by atomic mass is 9.97. The van der Waals surface area contributed by atoms with Crippen molar-refractivity contribution in [2.45, 2.75) is 25.7 Å². The first-order chi connectivity index (χ1) is 9.10. The number of hydrogen-bond donors (Lipinski definition) is 1. The third-order valence-corrected chi connectivity index (χ3v) is 3.82. The number of halogens is 1. The molecule has 0 spiro atoms. The van der Waals surface area contributed by atoms with Gasteiger partial charge in [0.15, 0.2) is 0 Å². The lowest BCUT2D eigenvalue weighted by Crippen LogP contribution is -2.29. The number of aliphatic hydroxyl groups excluding tert-OH is 1. The van der Waals surface area contributed by atoms with Crippen LogP contribution in [0.15, 0.2) is 24.3 Å². The van der Waals surface area contributed by atoms with Crippen molar-refractivity contribution in [3.8, 4) is 0 Å². The van der Waals surface area contributed by atoms with Crippen LogP contribution in [0.1, 0.15) is 31.2 Å². The highest BCUT2D eigenvalue weighted by atomic mass is 19.1. The predicted octanol–water partition coefficient (Wildman–Crippen LogP) is 2.16. The second kappa shape index (κ2) is 6.15. The highest BCUT2D eigenvalue weighted by Gasteiger charge is 2.26. The van der Waals surface area contributed by atoms with E-state index in [0.29, 0.717) is 13.0 Å². The molecule has 1 fully saturated rings. The molecule has 104 valence electrons. The van der Waals surface area contributed by atoms with Crippen molar-refractivity contribution < 1.29 is 14.3 Å². The molecule has 2 unspecified atom stereocenters. The summed E-state index contributed by atoms with van der Waals surface area (Å²) in [5, 5.41) is 9.08. The van der Waals surface area contributed by atoms with Crippen molar-refractivity contribution in [3.63, 3.8) is 0 Å². The van der Waals surface area contributed by atoms with Crippen LogP contribution in [0.25, 0.3) is 0 Å². The van der Waals surface area contributed by atoms with Crippen molar-refractivity contribution in [2.24, 2.45) is 5.92 Å². The molecular formula is C15H20FNO2. The number of rotatable bonds is 4. The molecule has 1 aromatic rings. The third-order valence-electron chi connectivity index (χ3n) is 3.82. The van der Waals surface area contributed by atoms with E-state index in [4.69, 9.17) is 5.11 Å². The molecule has 0 saturated carbocycles. The van der Waals surface area contributed by atoms with Crippen LogP contribution in [0.3, 0.4) is 0 Å². The summed E-state index contributed by atoms with van der Waals surface area (Å²) < 4.78 is 12.8. The first-order valence-corrected chi connectivity index (χ1v) is 6.74. The van der Waals surface area contributed by atoms with Crippen LogP contribution in [0.5, 0.6) is 0 Å². The standard InChI is InChI=1S/C15H20FNO2/c1-11(13-2-4-14(16)5-3-13)8-15(19)17-7-6-12(9-17)10-18/h2-5,11-12,18H,6-10H2,1H3. The Morgan fingerprint density at radius 2 is 2.16 bits per heavy atom. The number of carbonyl (C=O) groups excluding carboxylic acids is 1. The van der Waals surface area contributed by atoms with Gasteiger partial charge in [0.25, 0.3) is 0 Å². The molecule has 1 amide bonds. The van der Waals surface area contributed by atoms with Crippen LogP contribution < -0.4 is 0 Å². The van der Waals surface area contributed by atoms with E-state index in [-0.39, 0.29) is 30.2 Å². The summed E-state index contributed by atoms with van der Waals surface area (Å²) in [5.41, 5.74) is 0.979. The fourth-order valence-corrected chi connectivity index (χ4v) is 2.51. The normalized spacial score (nSPS) is 20.6. The molecule has 1 aromatic carbocycles. The van der Waals surface area contributed by atoms with E-state index >= 15 is 0 Å². The highest BCUT2D eigenvalue weighted by molar-refractivity contribution is 5.77. The van der Waals surface area contributed by atoms with Crippen molar-refractivity contribution >= 4 is 5.91 Å². The Hall–Kier alpha value is -1.42. The van der Waals surface area contributed by atoms with Crippen LogP contribution in [0, 0.1) is 11.7 Å². The van der Waals surface area contributed by atoms with Gasteiger partial charge in [0.1, 0.15) is 5.82 Å². The van der Waals surface area contributed by atoms with Gasteiger partial charge >= 0.3 is 0 Å². The number of likely N-dealkylation sites (tertiary alicyclic amines) is 1. The number of amides is 1. The average molecular weight is 265 g/mol. The minimum atomic E-state index is -0.257. The van der Waals surface area contributed by atoms with Gasteiger partial charge in [-0.2, -0.15) is 0 Å². The summed E-state index contributed by atoms with van der Waals surface area (Å²) in [4.78, 5) is 13.9. The van der Waals surface area contributed by atoms with E-state index in [9.17, 15) is 9.18 Å². The summed E-state index contributed by atoms with van der Waals surface area (Å²) in [6, 6.07) is 6.31. The molecule has 19 heavy (non-hydrogen) atoms. The minimum absolute atomic E-state index is 0.0845. The smallest absolute Gasteiger partial charge is 0.223 e. The maximum Gasteiger partial charge on any atom is 0.223 e. The number of nitrogens with zero attached hydrogens (tertiary/aromatic N) is 1. The first kappa shape index (κ1) is 14.0. The Morgan fingerprint density at radius 3 is 2.74 bits per heavy atom. The maximum atomic E-state index is 12.8. The molecule has 1 heterocycles. The molecule has 1 N–H and O–H groups in total. The zero-order chi connectivity index (χ0) is 13.8. The molecule has 4 heteroatoms. The van der Waals surface area contributed by atoms with E-state index in [1.807, 2.05) is 11.8 Å². The number of benzene rings is 1. The highest BCUT2D eigenvalue weighted by Crippen LogP contribution is 2.23. The zero-order valence-corrected chi connectivity index (χ0v) is 11.2. The Kier molecular flexibility index (Phi) is 4.53. The molecule has 1 aliphatic rings. The van der Waals surface area contributed by atoms with Gasteiger partial charge in [-0.05, 0) is 30.0 Å². The first-order valence-electron chi connectivity index (χ1n) is 6.74. The van der Waals surface area contributed by atoms with Crippen molar-refractivity contribution in [2.75, 3.05) is 19.7 Å².